The molecule has 0 radical (unpaired) electrons. The molecule has 21 heavy (non-hydrogen) atoms. The molecule has 4 nitrogen and oxygen atoms in total. The van der Waals surface area contributed by atoms with Crippen molar-refractivity contribution in [1.82, 2.24) is 10.2 Å². The second kappa shape index (κ2) is 7.92. The SMILES string of the molecule is CCOCCCN1C(=O)C(C(C)CC)NC1c1cccs1. The quantitative estimate of drug-likeness (QED) is 0.751. The molecule has 0 aliphatic carbocycles. The fourth-order valence-corrected chi connectivity index (χ4v) is 3.48. The highest BCUT2D eigenvalue weighted by atomic mass is 32.1. The molecule has 5 heteroatoms. The normalized spacial score (nSPS) is 23.8. The molecule has 1 aliphatic rings. The lowest BCUT2D eigenvalue weighted by atomic mass is 9.99. The van der Waals surface area contributed by atoms with Crippen molar-refractivity contribution in [2.24, 2.45) is 5.92 Å². The van der Waals surface area contributed by atoms with Crippen LogP contribution in [0.25, 0.3) is 0 Å². The Morgan fingerprint density at radius 2 is 2.29 bits per heavy atom. The summed E-state index contributed by atoms with van der Waals surface area (Å²) >= 11 is 1.70. The molecule has 0 bridgehead atoms. The Kier molecular flexibility index (Phi) is 6.21. The van der Waals surface area contributed by atoms with Crippen LogP contribution in [-0.4, -0.2) is 36.6 Å². The van der Waals surface area contributed by atoms with Gasteiger partial charge in [0.25, 0.3) is 0 Å². The van der Waals surface area contributed by atoms with Gasteiger partial charge >= 0.3 is 0 Å². The Morgan fingerprint density at radius 1 is 1.48 bits per heavy atom. The van der Waals surface area contributed by atoms with E-state index in [0.29, 0.717) is 12.5 Å². The van der Waals surface area contributed by atoms with Gasteiger partial charge in [0.1, 0.15) is 6.17 Å². The van der Waals surface area contributed by atoms with Gasteiger partial charge in [-0.25, -0.2) is 0 Å². The van der Waals surface area contributed by atoms with Crippen LogP contribution in [0.2, 0.25) is 0 Å². The number of carbonyl (C=O) groups is 1. The Balaban J connectivity index is 2.06. The number of thiophene rings is 1. The highest BCUT2D eigenvalue weighted by molar-refractivity contribution is 7.10. The number of amides is 1. The predicted molar refractivity (Wildman–Crippen MR) is 86.3 cm³/mol. The number of hydrogen-bond donors (Lipinski definition) is 1. The molecule has 1 amide bonds. The summed E-state index contributed by atoms with van der Waals surface area (Å²) < 4.78 is 5.39. The van der Waals surface area contributed by atoms with E-state index in [1.54, 1.807) is 11.3 Å². The Hall–Kier alpha value is -0.910. The Bertz CT molecular complexity index is 435. The molecule has 3 atom stereocenters. The molecule has 1 aromatic rings. The van der Waals surface area contributed by atoms with E-state index >= 15 is 0 Å². The lowest BCUT2D eigenvalue weighted by molar-refractivity contribution is -0.131. The second-order valence-electron chi connectivity index (χ2n) is 5.53. The van der Waals surface area contributed by atoms with Crippen molar-refractivity contribution in [3.05, 3.63) is 22.4 Å². The highest BCUT2D eigenvalue weighted by Crippen LogP contribution is 2.31. The zero-order valence-corrected chi connectivity index (χ0v) is 14.0. The van der Waals surface area contributed by atoms with Gasteiger partial charge in [-0.3, -0.25) is 10.1 Å². The largest absolute Gasteiger partial charge is 0.382 e. The van der Waals surface area contributed by atoms with Crippen molar-refractivity contribution in [3.63, 3.8) is 0 Å². The molecule has 2 heterocycles. The van der Waals surface area contributed by atoms with Gasteiger partial charge in [-0.1, -0.05) is 26.3 Å². The van der Waals surface area contributed by atoms with E-state index < -0.39 is 0 Å². The fraction of sp³-hybridized carbons (Fsp3) is 0.688. The second-order valence-corrected chi connectivity index (χ2v) is 6.51. The standard InChI is InChI=1S/C16H26N2O2S/c1-4-12(3)14-16(19)18(9-7-10-20-5-2)15(17-14)13-8-6-11-21-13/h6,8,11-12,14-15,17H,4-5,7,9-10H2,1-3H3. The number of ether oxygens (including phenoxy) is 1. The van der Waals surface area contributed by atoms with E-state index in [-0.39, 0.29) is 18.1 Å². The van der Waals surface area contributed by atoms with Gasteiger partial charge in [-0.15, -0.1) is 11.3 Å². The summed E-state index contributed by atoms with van der Waals surface area (Å²) in [4.78, 5) is 15.9. The topological polar surface area (TPSA) is 41.6 Å². The van der Waals surface area contributed by atoms with E-state index in [1.165, 1.54) is 4.88 Å². The monoisotopic (exact) mass is 310 g/mol. The summed E-state index contributed by atoms with van der Waals surface area (Å²) in [5.74, 6) is 0.594. The van der Waals surface area contributed by atoms with Crippen LogP contribution in [0, 0.1) is 5.92 Å². The van der Waals surface area contributed by atoms with Crippen LogP contribution in [0.3, 0.4) is 0 Å². The summed E-state index contributed by atoms with van der Waals surface area (Å²) in [7, 11) is 0. The molecule has 0 spiro atoms. The minimum absolute atomic E-state index is 0.0260. The summed E-state index contributed by atoms with van der Waals surface area (Å²) in [6, 6.07) is 4.08. The first-order chi connectivity index (χ1) is 10.2. The van der Waals surface area contributed by atoms with Gasteiger partial charge < -0.3 is 9.64 Å². The van der Waals surface area contributed by atoms with E-state index in [1.807, 2.05) is 17.9 Å². The molecule has 0 saturated carbocycles. The molecule has 3 unspecified atom stereocenters. The van der Waals surface area contributed by atoms with Gasteiger partial charge in [0.2, 0.25) is 5.91 Å². The first-order valence-electron chi connectivity index (χ1n) is 7.86. The fourth-order valence-electron chi connectivity index (χ4n) is 2.68. The predicted octanol–water partition coefficient (Wildman–Crippen LogP) is 3.02. The lowest BCUT2D eigenvalue weighted by Gasteiger charge is -2.23. The average molecular weight is 310 g/mol. The van der Waals surface area contributed by atoms with Crippen LogP contribution in [-0.2, 0) is 9.53 Å². The molecule has 118 valence electrons. The first-order valence-corrected chi connectivity index (χ1v) is 8.74. The molecule has 2 rings (SSSR count). The minimum atomic E-state index is -0.0609. The molecule has 1 N–H and O–H groups in total. The van der Waals surface area contributed by atoms with E-state index in [2.05, 4.69) is 30.6 Å². The molecule has 1 saturated heterocycles. The number of nitrogens with zero attached hydrogens (tertiary/aromatic N) is 1. The molecular weight excluding hydrogens is 284 g/mol. The Labute approximate surface area is 131 Å². The van der Waals surface area contributed by atoms with E-state index in [9.17, 15) is 4.79 Å². The third-order valence-corrected chi connectivity index (χ3v) is 5.04. The van der Waals surface area contributed by atoms with Gasteiger partial charge in [0.05, 0.1) is 6.04 Å². The van der Waals surface area contributed by atoms with Gasteiger partial charge in [0.15, 0.2) is 0 Å². The number of rotatable bonds is 8. The molecule has 1 fully saturated rings. The molecule has 0 aromatic carbocycles. The maximum absolute atomic E-state index is 12.7. The minimum Gasteiger partial charge on any atom is -0.382 e. The van der Waals surface area contributed by atoms with E-state index in [0.717, 1.165) is 26.0 Å². The molecular formula is C16H26N2O2S. The van der Waals surface area contributed by atoms with Crippen LogP contribution in [0.1, 0.15) is 44.7 Å². The van der Waals surface area contributed by atoms with Crippen molar-refractivity contribution in [3.8, 4) is 0 Å². The molecule has 1 aromatic heterocycles. The highest BCUT2D eigenvalue weighted by Gasteiger charge is 2.41. The summed E-state index contributed by atoms with van der Waals surface area (Å²) in [6.45, 7) is 8.47. The lowest BCUT2D eigenvalue weighted by Crippen LogP contribution is -2.36. The first kappa shape index (κ1) is 16.5. The van der Waals surface area contributed by atoms with E-state index in [4.69, 9.17) is 4.74 Å². The third kappa shape index (κ3) is 3.84. The van der Waals surface area contributed by atoms with Gasteiger partial charge in [0, 0.05) is 24.6 Å². The maximum atomic E-state index is 12.7. The Morgan fingerprint density at radius 3 is 2.90 bits per heavy atom. The van der Waals surface area contributed by atoms with Crippen molar-refractivity contribution < 1.29 is 9.53 Å². The van der Waals surface area contributed by atoms with Crippen molar-refractivity contribution >= 4 is 17.2 Å². The summed E-state index contributed by atoms with van der Waals surface area (Å²) in [5.41, 5.74) is 0. The molecule has 1 aliphatic heterocycles. The number of carbonyl (C=O) groups excluding carboxylic acids is 1. The zero-order valence-electron chi connectivity index (χ0n) is 13.2. The van der Waals surface area contributed by atoms with Crippen LogP contribution in [0.15, 0.2) is 17.5 Å². The van der Waals surface area contributed by atoms with Gasteiger partial charge in [-0.05, 0) is 30.7 Å². The number of hydrogen-bond acceptors (Lipinski definition) is 4. The van der Waals surface area contributed by atoms with Crippen molar-refractivity contribution in [2.45, 2.75) is 45.8 Å². The average Bonchev–Trinajstić information content (AvgIpc) is 3.11. The maximum Gasteiger partial charge on any atom is 0.241 e. The summed E-state index contributed by atoms with van der Waals surface area (Å²) in [5, 5.41) is 5.60. The van der Waals surface area contributed by atoms with Crippen LogP contribution in [0.4, 0.5) is 0 Å². The van der Waals surface area contributed by atoms with Crippen LogP contribution < -0.4 is 5.32 Å². The number of nitrogens with one attached hydrogen (secondary N) is 1. The van der Waals surface area contributed by atoms with Crippen LogP contribution in [0.5, 0.6) is 0 Å². The smallest absolute Gasteiger partial charge is 0.241 e. The van der Waals surface area contributed by atoms with Crippen LogP contribution >= 0.6 is 11.3 Å². The van der Waals surface area contributed by atoms with Gasteiger partial charge in [-0.2, -0.15) is 0 Å². The zero-order chi connectivity index (χ0) is 15.2. The summed E-state index contributed by atoms with van der Waals surface area (Å²) in [6.07, 6.45) is 1.92. The van der Waals surface area contributed by atoms with Crippen molar-refractivity contribution in [1.29, 1.82) is 0 Å². The third-order valence-electron chi connectivity index (χ3n) is 4.12. The van der Waals surface area contributed by atoms with Crippen molar-refractivity contribution in [2.75, 3.05) is 19.8 Å².